The monoisotopic (exact) mass is 620 g/mol. The number of benzene rings is 5. The molecule has 6 nitrogen and oxygen atoms in total. The summed E-state index contributed by atoms with van der Waals surface area (Å²) < 4.78 is 11.4. The lowest BCUT2D eigenvalue weighted by molar-refractivity contribution is 0.150. The smallest absolute Gasteiger partial charge is 0.245 e. The summed E-state index contributed by atoms with van der Waals surface area (Å²) >= 11 is 0. The van der Waals surface area contributed by atoms with Gasteiger partial charge in [-0.05, 0) is 80.2 Å². The molecule has 0 amide bonds. The molecule has 0 radical (unpaired) electrons. The molecule has 0 bridgehead atoms. The van der Waals surface area contributed by atoms with E-state index in [0.29, 0.717) is 11.6 Å². The summed E-state index contributed by atoms with van der Waals surface area (Å²) in [5.41, 5.74) is 9.92. The Hall–Kier alpha value is -6.53. The molecule has 8 aromatic rings. The van der Waals surface area contributed by atoms with Gasteiger partial charge >= 0.3 is 0 Å². The van der Waals surface area contributed by atoms with Gasteiger partial charge in [0, 0.05) is 17.3 Å². The second-order valence-electron chi connectivity index (χ2n) is 11.7. The van der Waals surface area contributed by atoms with Crippen LogP contribution in [-0.4, -0.2) is 15.0 Å². The Bertz CT molecular complexity index is 2460. The highest BCUT2D eigenvalue weighted by molar-refractivity contribution is 6.21. The lowest BCUT2D eigenvalue weighted by Gasteiger charge is -2.19. The Labute approximate surface area is 277 Å². The van der Waals surface area contributed by atoms with Gasteiger partial charge in [-0.15, -0.1) is 0 Å². The van der Waals surface area contributed by atoms with Crippen molar-refractivity contribution in [2.75, 3.05) is 0 Å². The zero-order chi connectivity index (χ0) is 31.9. The van der Waals surface area contributed by atoms with Crippen molar-refractivity contribution < 1.29 is 9.15 Å². The standard InChI is InChI=1S/C42H28N4O2/c1-2-9-27(10-3-1)28-11-6-12-29(25-28)30-19-20-33-34(26-30)40(36-16-8-18-38(46-36)42-44-22-24-48-42)32-14-5-4-13-31(32)39(33)35-15-7-17-37(45-35)41-43-21-23-47-41/h1-26,42,44H. The van der Waals surface area contributed by atoms with Crippen LogP contribution in [0.15, 0.2) is 163 Å². The normalized spacial score (nSPS) is 13.9. The lowest BCUT2D eigenvalue weighted by Crippen LogP contribution is -2.13. The van der Waals surface area contributed by atoms with E-state index in [2.05, 4.69) is 113 Å². The molecule has 0 aliphatic carbocycles. The lowest BCUT2D eigenvalue weighted by atomic mass is 9.87. The van der Waals surface area contributed by atoms with Crippen molar-refractivity contribution in [3.63, 3.8) is 0 Å². The third-order valence-electron chi connectivity index (χ3n) is 8.81. The van der Waals surface area contributed by atoms with Crippen molar-refractivity contribution in [3.8, 4) is 56.4 Å². The highest BCUT2D eigenvalue weighted by Gasteiger charge is 2.21. The van der Waals surface area contributed by atoms with Crippen molar-refractivity contribution in [2.45, 2.75) is 6.23 Å². The number of hydrogen-bond donors (Lipinski definition) is 1. The summed E-state index contributed by atoms with van der Waals surface area (Å²) in [5, 5.41) is 7.56. The van der Waals surface area contributed by atoms with E-state index in [0.717, 1.165) is 60.9 Å². The fraction of sp³-hybridized carbons (Fsp3) is 0.0238. The van der Waals surface area contributed by atoms with Crippen LogP contribution >= 0.6 is 0 Å². The van der Waals surface area contributed by atoms with Crippen LogP contribution in [0, 0.1) is 0 Å². The van der Waals surface area contributed by atoms with Crippen molar-refractivity contribution in [1.29, 1.82) is 0 Å². The molecule has 6 heteroatoms. The van der Waals surface area contributed by atoms with E-state index in [1.807, 2.05) is 30.3 Å². The molecule has 1 aliphatic heterocycles. The number of rotatable bonds is 6. The summed E-state index contributed by atoms with van der Waals surface area (Å²) in [7, 11) is 0. The molecule has 0 saturated heterocycles. The predicted octanol–water partition coefficient (Wildman–Crippen LogP) is 10.2. The Morgan fingerprint density at radius 2 is 1.17 bits per heavy atom. The first-order valence-electron chi connectivity index (χ1n) is 15.9. The summed E-state index contributed by atoms with van der Waals surface area (Å²) in [6.45, 7) is 0. The fourth-order valence-corrected chi connectivity index (χ4v) is 6.64. The van der Waals surface area contributed by atoms with Crippen LogP contribution in [0.25, 0.3) is 77.9 Å². The van der Waals surface area contributed by atoms with Gasteiger partial charge in [-0.1, -0.05) is 97.1 Å². The second kappa shape index (κ2) is 11.7. The van der Waals surface area contributed by atoms with Crippen molar-refractivity contribution >= 4 is 21.5 Å². The molecule has 1 N–H and O–H groups in total. The number of nitrogens with one attached hydrogen (secondary N) is 1. The molecule has 0 saturated carbocycles. The van der Waals surface area contributed by atoms with E-state index in [9.17, 15) is 0 Å². The molecule has 0 fully saturated rings. The molecule has 0 spiro atoms. The SMILES string of the molecule is C1=COC(c2cccc(-c3c4ccccc4c(-c4cccc(-c5ncco5)n4)c4ccc(-c5cccc(-c6ccccc6)c5)cc34)n2)N1. The van der Waals surface area contributed by atoms with E-state index in [4.69, 9.17) is 19.1 Å². The number of hydrogen-bond acceptors (Lipinski definition) is 6. The van der Waals surface area contributed by atoms with Gasteiger partial charge < -0.3 is 14.5 Å². The minimum absolute atomic E-state index is 0.333. The average Bonchev–Trinajstić information content (AvgIpc) is 3.90. The van der Waals surface area contributed by atoms with E-state index >= 15 is 0 Å². The van der Waals surface area contributed by atoms with Gasteiger partial charge in [-0.25, -0.2) is 15.0 Å². The number of fused-ring (bicyclic) bond motifs is 2. The first-order chi connectivity index (χ1) is 23.8. The summed E-state index contributed by atoms with van der Waals surface area (Å²) in [6, 6.07) is 46.5. The van der Waals surface area contributed by atoms with Crippen molar-refractivity contribution in [3.05, 3.63) is 164 Å². The van der Waals surface area contributed by atoms with Gasteiger partial charge in [-0.2, -0.15) is 0 Å². The molecule has 5 aromatic carbocycles. The Kier molecular flexibility index (Phi) is 6.75. The largest absolute Gasteiger partial charge is 0.471 e. The van der Waals surface area contributed by atoms with Crippen molar-refractivity contribution in [1.82, 2.24) is 20.3 Å². The molecule has 4 heterocycles. The maximum absolute atomic E-state index is 5.77. The predicted molar refractivity (Wildman–Crippen MR) is 190 cm³/mol. The average molecular weight is 621 g/mol. The van der Waals surface area contributed by atoms with E-state index < -0.39 is 0 Å². The van der Waals surface area contributed by atoms with Crippen LogP contribution in [0.2, 0.25) is 0 Å². The van der Waals surface area contributed by atoms with Crippen LogP contribution in [-0.2, 0) is 4.74 Å². The van der Waals surface area contributed by atoms with Crippen LogP contribution in [0.5, 0.6) is 0 Å². The van der Waals surface area contributed by atoms with Gasteiger partial charge in [0.25, 0.3) is 0 Å². The Morgan fingerprint density at radius 3 is 1.94 bits per heavy atom. The van der Waals surface area contributed by atoms with Crippen LogP contribution in [0.1, 0.15) is 11.9 Å². The summed E-state index contributed by atoms with van der Waals surface area (Å²) in [4.78, 5) is 14.6. The molecule has 1 atom stereocenters. The van der Waals surface area contributed by atoms with Gasteiger partial charge in [0.05, 0.1) is 17.6 Å². The minimum atomic E-state index is -0.333. The van der Waals surface area contributed by atoms with Gasteiger partial charge in [0.1, 0.15) is 23.9 Å². The number of aromatic nitrogens is 3. The van der Waals surface area contributed by atoms with E-state index in [1.165, 1.54) is 11.1 Å². The molecular formula is C42H28N4O2. The van der Waals surface area contributed by atoms with Crippen LogP contribution in [0.3, 0.4) is 0 Å². The zero-order valence-corrected chi connectivity index (χ0v) is 25.7. The third kappa shape index (κ3) is 4.87. The second-order valence-corrected chi connectivity index (χ2v) is 11.7. The Balaban J connectivity index is 1.32. The van der Waals surface area contributed by atoms with Crippen LogP contribution in [0.4, 0.5) is 0 Å². The number of pyridine rings is 2. The van der Waals surface area contributed by atoms with Crippen LogP contribution < -0.4 is 5.32 Å². The number of oxazole rings is 1. The number of ether oxygens (including phenoxy) is 1. The molecule has 9 rings (SSSR count). The molecule has 1 unspecified atom stereocenters. The first kappa shape index (κ1) is 27.8. The number of nitrogens with zero attached hydrogens (tertiary/aromatic N) is 3. The van der Waals surface area contributed by atoms with Gasteiger partial charge in [0.15, 0.2) is 0 Å². The fourth-order valence-electron chi connectivity index (χ4n) is 6.64. The molecular weight excluding hydrogens is 592 g/mol. The summed E-state index contributed by atoms with van der Waals surface area (Å²) in [6.07, 6.45) is 6.34. The highest BCUT2D eigenvalue weighted by Crippen LogP contribution is 2.44. The van der Waals surface area contributed by atoms with Crippen molar-refractivity contribution in [2.24, 2.45) is 0 Å². The molecule has 228 valence electrons. The Morgan fingerprint density at radius 1 is 0.521 bits per heavy atom. The van der Waals surface area contributed by atoms with Gasteiger partial charge in [0.2, 0.25) is 12.1 Å². The first-order valence-corrected chi connectivity index (χ1v) is 15.9. The maximum Gasteiger partial charge on any atom is 0.245 e. The minimum Gasteiger partial charge on any atom is -0.471 e. The quantitative estimate of drug-likeness (QED) is 0.187. The third-order valence-corrected chi connectivity index (χ3v) is 8.81. The highest BCUT2D eigenvalue weighted by atomic mass is 16.5. The topological polar surface area (TPSA) is 73.1 Å². The molecule has 3 aromatic heterocycles. The van der Waals surface area contributed by atoms with Gasteiger partial charge in [-0.3, -0.25) is 0 Å². The van der Waals surface area contributed by atoms with E-state index in [-0.39, 0.29) is 6.23 Å². The zero-order valence-electron chi connectivity index (χ0n) is 25.7. The maximum atomic E-state index is 5.77. The van der Waals surface area contributed by atoms with E-state index in [1.54, 1.807) is 24.9 Å². The molecule has 48 heavy (non-hydrogen) atoms. The summed E-state index contributed by atoms with van der Waals surface area (Å²) in [5.74, 6) is 0.487. The molecule has 1 aliphatic rings.